The molecule has 6 heteroatoms. The molecule has 0 radical (unpaired) electrons. The van der Waals surface area contributed by atoms with Crippen LogP contribution in [0.1, 0.15) is 0 Å². The fourth-order valence-corrected chi connectivity index (χ4v) is 1.04. The molecule has 0 aliphatic rings. The minimum Gasteiger partial charge on any atom is -0.487 e. The molecule has 0 bridgehead atoms. The Morgan fingerprint density at radius 2 is 2.06 bits per heavy atom. The minimum absolute atomic E-state index is 0.206. The molecule has 1 aromatic carbocycles. The molecular weight excluding hydrogens is 226 g/mol. The number of anilines is 1. The first-order chi connectivity index (χ1) is 7.61. The average molecular weight is 239 g/mol. The van der Waals surface area contributed by atoms with Gasteiger partial charge >= 0.3 is 6.03 Å². The van der Waals surface area contributed by atoms with Crippen LogP contribution in [0.25, 0.3) is 0 Å². The van der Waals surface area contributed by atoms with Crippen molar-refractivity contribution >= 4 is 28.9 Å². The quantitative estimate of drug-likeness (QED) is 0.688. The minimum atomic E-state index is -0.267. The van der Waals surface area contributed by atoms with E-state index in [-0.39, 0.29) is 12.6 Å². The van der Waals surface area contributed by atoms with Gasteiger partial charge in [0.2, 0.25) is 0 Å². The number of benzene rings is 1. The van der Waals surface area contributed by atoms with Crippen LogP contribution in [-0.4, -0.2) is 24.7 Å². The Hall–Kier alpha value is -1.82. The predicted molar refractivity (Wildman–Crippen MR) is 66.8 cm³/mol. The molecule has 2 amide bonds. The maximum Gasteiger partial charge on any atom is 0.318 e. The van der Waals surface area contributed by atoms with E-state index in [1.54, 1.807) is 31.3 Å². The topological polar surface area (TPSA) is 76.4 Å². The highest BCUT2D eigenvalue weighted by Crippen LogP contribution is 2.15. The van der Waals surface area contributed by atoms with Crippen LogP contribution >= 0.6 is 12.2 Å². The Morgan fingerprint density at radius 1 is 1.44 bits per heavy atom. The molecule has 0 unspecified atom stereocenters. The highest BCUT2D eigenvalue weighted by atomic mass is 32.1. The largest absolute Gasteiger partial charge is 0.487 e. The van der Waals surface area contributed by atoms with E-state index in [1.807, 2.05) is 0 Å². The van der Waals surface area contributed by atoms with Gasteiger partial charge in [-0.1, -0.05) is 12.2 Å². The van der Waals surface area contributed by atoms with Gasteiger partial charge in [0.05, 0.1) is 0 Å². The zero-order valence-electron chi connectivity index (χ0n) is 8.82. The van der Waals surface area contributed by atoms with E-state index in [1.165, 1.54) is 0 Å². The number of ether oxygens (including phenoxy) is 1. The number of nitrogens with two attached hydrogens (primary N) is 1. The van der Waals surface area contributed by atoms with Crippen LogP contribution < -0.4 is 21.1 Å². The Labute approximate surface area is 99.0 Å². The number of nitrogens with one attached hydrogen (secondary N) is 2. The molecule has 0 fully saturated rings. The molecule has 0 heterocycles. The SMILES string of the molecule is CNC(=O)Nc1ccc(OCC(N)=S)cc1. The lowest BCUT2D eigenvalue weighted by atomic mass is 10.3. The second-order valence-electron chi connectivity index (χ2n) is 2.98. The number of hydrogen-bond donors (Lipinski definition) is 3. The molecule has 0 atom stereocenters. The molecule has 0 aliphatic carbocycles. The third kappa shape index (κ3) is 4.14. The summed E-state index contributed by atoms with van der Waals surface area (Å²) >= 11 is 4.68. The Balaban J connectivity index is 2.54. The van der Waals surface area contributed by atoms with E-state index in [2.05, 4.69) is 22.9 Å². The maximum atomic E-state index is 11.0. The third-order valence-corrected chi connectivity index (χ3v) is 1.84. The lowest BCUT2D eigenvalue weighted by Crippen LogP contribution is -2.24. The van der Waals surface area contributed by atoms with Crippen molar-refractivity contribution in [3.05, 3.63) is 24.3 Å². The van der Waals surface area contributed by atoms with E-state index in [0.717, 1.165) is 0 Å². The van der Waals surface area contributed by atoms with Gasteiger partial charge < -0.3 is 21.1 Å². The summed E-state index contributed by atoms with van der Waals surface area (Å²) in [7, 11) is 1.55. The number of thiocarbonyl (C=S) groups is 1. The third-order valence-electron chi connectivity index (χ3n) is 1.72. The zero-order chi connectivity index (χ0) is 12.0. The van der Waals surface area contributed by atoms with Gasteiger partial charge in [-0.15, -0.1) is 0 Å². The van der Waals surface area contributed by atoms with Crippen LogP contribution in [0.3, 0.4) is 0 Å². The van der Waals surface area contributed by atoms with E-state index in [0.29, 0.717) is 16.4 Å². The molecule has 1 rings (SSSR count). The number of amides is 2. The first-order valence-electron chi connectivity index (χ1n) is 4.61. The zero-order valence-corrected chi connectivity index (χ0v) is 9.64. The van der Waals surface area contributed by atoms with E-state index < -0.39 is 0 Å². The summed E-state index contributed by atoms with van der Waals surface area (Å²) in [5, 5.41) is 5.08. The highest BCUT2D eigenvalue weighted by Gasteiger charge is 1.99. The Bertz CT molecular complexity index is 378. The Kier molecular flexibility index (Phi) is 4.53. The first-order valence-corrected chi connectivity index (χ1v) is 5.02. The van der Waals surface area contributed by atoms with Crippen LogP contribution in [0.4, 0.5) is 10.5 Å². The molecule has 4 N–H and O–H groups in total. The Morgan fingerprint density at radius 3 is 2.56 bits per heavy atom. The maximum absolute atomic E-state index is 11.0. The van der Waals surface area contributed by atoms with Crippen molar-refractivity contribution < 1.29 is 9.53 Å². The van der Waals surface area contributed by atoms with Crippen molar-refractivity contribution in [3.8, 4) is 5.75 Å². The monoisotopic (exact) mass is 239 g/mol. The predicted octanol–water partition coefficient (Wildman–Crippen LogP) is 1.10. The summed E-state index contributed by atoms with van der Waals surface area (Å²) in [6.45, 7) is 0.206. The van der Waals surface area contributed by atoms with E-state index in [4.69, 9.17) is 10.5 Å². The molecule has 16 heavy (non-hydrogen) atoms. The van der Waals surface area contributed by atoms with Gasteiger partial charge in [-0.05, 0) is 24.3 Å². The van der Waals surface area contributed by atoms with Gasteiger partial charge in [-0.25, -0.2) is 4.79 Å². The normalized spacial score (nSPS) is 9.31. The van der Waals surface area contributed by atoms with Crippen LogP contribution in [-0.2, 0) is 0 Å². The summed E-state index contributed by atoms with van der Waals surface area (Å²) in [4.78, 5) is 11.3. The van der Waals surface area contributed by atoms with Crippen molar-refractivity contribution in [1.82, 2.24) is 5.32 Å². The fourth-order valence-electron chi connectivity index (χ4n) is 0.983. The van der Waals surface area contributed by atoms with Crippen molar-refractivity contribution in [1.29, 1.82) is 0 Å². The van der Waals surface area contributed by atoms with Crippen molar-refractivity contribution in [2.45, 2.75) is 0 Å². The summed E-state index contributed by atoms with van der Waals surface area (Å²) in [5.74, 6) is 0.648. The smallest absolute Gasteiger partial charge is 0.318 e. The van der Waals surface area contributed by atoms with Gasteiger partial charge in [0.1, 0.15) is 17.3 Å². The molecule has 1 aromatic rings. The summed E-state index contributed by atoms with van der Waals surface area (Å²) < 4.78 is 5.26. The van der Waals surface area contributed by atoms with E-state index in [9.17, 15) is 4.79 Å². The van der Waals surface area contributed by atoms with Crippen LogP contribution in [0, 0.1) is 0 Å². The van der Waals surface area contributed by atoms with Crippen molar-refractivity contribution in [2.24, 2.45) is 5.73 Å². The second kappa shape index (κ2) is 5.92. The number of urea groups is 1. The number of carbonyl (C=O) groups is 1. The van der Waals surface area contributed by atoms with Crippen molar-refractivity contribution in [3.63, 3.8) is 0 Å². The molecule has 0 aliphatic heterocycles. The fraction of sp³-hybridized carbons (Fsp3) is 0.200. The molecule has 0 aromatic heterocycles. The summed E-state index contributed by atoms with van der Waals surface area (Å²) in [6.07, 6.45) is 0. The second-order valence-corrected chi connectivity index (χ2v) is 3.51. The van der Waals surface area contributed by atoms with Gasteiger partial charge in [0, 0.05) is 12.7 Å². The van der Waals surface area contributed by atoms with Gasteiger partial charge in [-0.2, -0.15) is 0 Å². The number of carbonyl (C=O) groups excluding carboxylic acids is 1. The molecular formula is C10H13N3O2S. The lowest BCUT2D eigenvalue weighted by Gasteiger charge is -2.07. The van der Waals surface area contributed by atoms with Crippen molar-refractivity contribution in [2.75, 3.05) is 19.0 Å². The molecule has 0 saturated carbocycles. The standard InChI is InChI=1S/C10H13N3O2S/c1-12-10(14)13-7-2-4-8(5-3-7)15-6-9(11)16/h2-5H,6H2,1H3,(H2,11,16)(H2,12,13,14). The lowest BCUT2D eigenvalue weighted by molar-refractivity contribution is 0.254. The molecule has 0 saturated heterocycles. The molecule has 86 valence electrons. The summed E-state index contributed by atoms with van der Waals surface area (Å²) in [5.41, 5.74) is 5.98. The highest BCUT2D eigenvalue weighted by molar-refractivity contribution is 7.80. The van der Waals surface area contributed by atoms with Crippen LogP contribution in [0.2, 0.25) is 0 Å². The average Bonchev–Trinajstić information content (AvgIpc) is 2.28. The van der Waals surface area contributed by atoms with Gasteiger partial charge in [0.25, 0.3) is 0 Å². The van der Waals surface area contributed by atoms with Gasteiger partial charge in [0.15, 0.2) is 0 Å². The van der Waals surface area contributed by atoms with Crippen LogP contribution in [0.5, 0.6) is 5.75 Å². The number of rotatable bonds is 4. The number of hydrogen-bond acceptors (Lipinski definition) is 3. The first kappa shape index (κ1) is 12.3. The van der Waals surface area contributed by atoms with Crippen LogP contribution in [0.15, 0.2) is 24.3 Å². The molecule has 5 nitrogen and oxygen atoms in total. The molecule has 0 spiro atoms. The summed E-state index contributed by atoms with van der Waals surface area (Å²) in [6, 6.07) is 6.64. The van der Waals surface area contributed by atoms with Gasteiger partial charge in [-0.3, -0.25) is 0 Å². The van der Waals surface area contributed by atoms with E-state index >= 15 is 0 Å².